The second-order valence-corrected chi connectivity index (χ2v) is 10.9. The van der Waals surface area contributed by atoms with Crippen LogP contribution in [0.15, 0.2) is 23.4 Å². The summed E-state index contributed by atoms with van der Waals surface area (Å²) in [7, 11) is 2.17. The van der Waals surface area contributed by atoms with Crippen LogP contribution in [0, 0.1) is 5.92 Å². The Bertz CT molecular complexity index is 621. The molecule has 0 aromatic rings. The molecule has 0 bridgehead atoms. The standard InChI is InChI=1S/C15H26N2O.C7H14.C5H9NO/c1-13(15(18)7-4-8-15)5-6-14(2)17-11-9-16(3)10-12-17;1-7-5-3-2-4-6-7;1-5(2-3-5)6-4-7/h5-6,18H,4,7-12H2,1-3H3;7H,2-6H2,1H3;4H,2-3H2,1H3,(H,6,7)/b13-5+,14-6+;;. The number of likely N-dealkylation sites (N-methyl/N-ethyl adjacent to an activating group) is 1. The Hall–Kier alpha value is -1.33. The summed E-state index contributed by atoms with van der Waals surface area (Å²) in [4.78, 5) is 14.5. The third kappa shape index (κ3) is 9.27. The van der Waals surface area contributed by atoms with Gasteiger partial charge < -0.3 is 20.2 Å². The zero-order valence-electron chi connectivity index (χ0n) is 21.5. The first-order valence-corrected chi connectivity index (χ1v) is 12.9. The van der Waals surface area contributed by atoms with Gasteiger partial charge in [0.15, 0.2) is 0 Å². The minimum atomic E-state index is -0.501. The van der Waals surface area contributed by atoms with Gasteiger partial charge in [0.2, 0.25) is 6.41 Å². The molecule has 5 nitrogen and oxygen atoms in total. The van der Waals surface area contributed by atoms with E-state index in [0.29, 0.717) is 0 Å². The van der Waals surface area contributed by atoms with Gasteiger partial charge in [0, 0.05) is 37.4 Å². The van der Waals surface area contributed by atoms with Crippen LogP contribution in [-0.2, 0) is 4.79 Å². The van der Waals surface area contributed by atoms with Gasteiger partial charge in [0.25, 0.3) is 0 Å². The molecule has 1 aliphatic heterocycles. The van der Waals surface area contributed by atoms with Crippen molar-refractivity contribution in [1.29, 1.82) is 0 Å². The summed E-state index contributed by atoms with van der Waals surface area (Å²) < 4.78 is 0. The first kappa shape index (κ1) is 26.9. The van der Waals surface area contributed by atoms with Gasteiger partial charge in [-0.2, -0.15) is 0 Å². The van der Waals surface area contributed by atoms with Crippen LogP contribution in [0.5, 0.6) is 0 Å². The van der Waals surface area contributed by atoms with E-state index in [4.69, 9.17) is 0 Å². The van der Waals surface area contributed by atoms with E-state index in [0.717, 1.165) is 76.2 Å². The van der Waals surface area contributed by atoms with Gasteiger partial charge in [-0.15, -0.1) is 0 Å². The highest BCUT2D eigenvalue weighted by molar-refractivity contribution is 5.48. The molecule has 4 aliphatic rings. The number of hydrogen-bond acceptors (Lipinski definition) is 4. The molecular formula is C27H49N3O2. The van der Waals surface area contributed by atoms with E-state index in [1.54, 1.807) is 0 Å². The van der Waals surface area contributed by atoms with E-state index in [1.165, 1.54) is 37.8 Å². The predicted molar refractivity (Wildman–Crippen MR) is 134 cm³/mol. The SMILES string of the molecule is C/C(=C\C=C(/C)C1(O)CCC1)N1CCN(C)CC1.CC1(NC=O)CC1.CC1CCCCC1. The summed E-state index contributed by atoms with van der Waals surface area (Å²) in [5.74, 6) is 1.04. The molecule has 1 heterocycles. The zero-order chi connectivity index (χ0) is 23.6. The number of nitrogens with one attached hydrogen (secondary N) is 1. The smallest absolute Gasteiger partial charge is 0.207 e. The van der Waals surface area contributed by atoms with Crippen molar-refractivity contribution in [3.05, 3.63) is 23.4 Å². The van der Waals surface area contributed by atoms with Crippen molar-refractivity contribution >= 4 is 6.41 Å². The molecule has 184 valence electrons. The van der Waals surface area contributed by atoms with Crippen molar-refractivity contribution in [1.82, 2.24) is 15.1 Å². The third-order valence-corrected chi connectivity index (χ3v) is 7.79. The lowest BCUT2D eigenvalue weighted by molar-refractivity contribution is -0.110. The molecule has 0 unspecified atom stereocenters. The minimum absolute atomic E-state index is 0.182. The highest BCUT2D eigenvalue weighted by Gasteiger charge is 2.36. The molecule has 0 aromatic carbocycles. The summed E-state index contributed by atoms with van der Waals surface area (Å²) >= 11 is 0. The molecular weight excluding hydrogens is 398 g/mol. The van der Waals surface area contributed by atoms with E-state index >= 15 is 0 Å². The number of nitrogens with zero attached hydrogens (tertiary/aromatic N) is 2. The second-order valence-electron chi connectivity index (χ2n) is 10.9. The maximum absolute atomic E-state index is 10.2. The number of piperazine rings is 1. The molecule has 32 heavy (non-hydrogen) atoms. The Labute approximate surface area is 197 Å². The average Bonchev–Trinajstić information content (AvgIpc) is 3.49. The molecule has 1 saturated heterocycles. The molecule has 5 heteroatoms. The second kappa shape index (κ2) is 12.8. The minimum Gasteiger partial charge on any atom is -0.386 e. The number of hydrogen-bond donors (Lipinski definition) is 2. The van der Waals surface area contributed by atoms with Gasteiger partial charge in [-0.05, 0) is 77.5 Å². The van der Waals surface area contributed by atoms with Crippen molar-refractivity contribution in [3.63, 3.8) is 0 Å². The molecule has 0 atom stereocenters. The summed E-state index contributed by atoms with van der Waals surface area (Å²) in [5.41, 5.74) is 2.10. The van der Waals surface area contributed by atoms with Crippen molar-refractivity contribution in [2.24, 2.45) is 5.92 Å². The Morgan fingerprint density at radius 3 is 1.91 bits per heavy atom. The third-order valence-electron chi connectivity index (χ3n) is 7.79. The fourth-order valence-electron chi connectivity index (χ4n) is 4.35. The van der Waals surface area contributed by atoms with Crippen molar-refractivity contribution in [3.8, 4) is 0 Å². The van der Waals surface area contributed by atoms with E-state index in [2.05, 4.69) is 48.2 Å². The molecule has 4 fully saturated rings. The van der Waals surface area contributed by atoms with Crippen LogP contribution >= 0.6 is 0 Å². The first-order valence-electron chi connectivity index (χ1n) is 12.9. The Kier molecular flexibility index (Phi) is 10.8. The number of aliphatic hydroxyl groups is 1. The summed E-state index contributed by atoms with van der Waals surface area (Å²) in [6.45, 7) is 13.1. The van der Waals surface area contributed by atoms with E-state index in [1.807, 2.05) is 13.8 Å². The summed E-state index contributed by atoms with van der Waals surface area (Å²) in [6.07, 6.45) is 17.8. The quantitative estimate of drug-likeness (QED) is 0.466. The highest BCUT2D eigenvalue weighted by Crippen LogP contribution is 2.37. The molecule has 4 rings (SSSR count). The number of allylic oxidation sites excluding steroid dienone is 3. The molecule has 0 aromatic heterocycles. The van der Waals surface area contributed by atoms with Gasteiger partial charge in [0.05, 0.1) is 5.60 Å². The first-order chi connectivity index (χ1) is 15.2. The van der Waals surface area contributed by atoms with Gasteiger partial charge in [0.1, 0.15) is 0 Å². The van der Waals surface area contributed by atoms with E-state index < -0.39 is 5.60 Å². The summed E-state index contributed by atoms with van der Waals surface area (Å²) in [5, 5.41) is 12.9. The number of amides is 1. The van der Waals surface area contributed by atoms with Crippen LogP contribution in [0.3, 0.4) is 0 Å². The molecule has 3 aliphatic carbocycles. The lowest BCUT2D eigenvalue weighted by atomic mass is 9.75. The predicted octanol–water partition coefficient (Wildman–Crippen LogP) is 4.87. The van der Waals surface area contributed by atoms with Crippen LogP contribution in [0.4, 0.5) is 0 Å². The lowest BCUT2D eigenvalue weighted by Crippen LogP contribution is -2.43. The Balaban J connectivity index is 0.000000211. The average molecular weight is 448 g/mol. The fraction of sp³-hybridized carbons (Fsp3) is 0.815. The maximum atomic E-state index is 10.2. The maximum Gasteiger partial charge on any atom is 0.207 e. The topological polar surface area (TPSA) is 55.8 Å². The fourth-order valence-corrected chi connectivity index (χ4v) is 4.35. The van der Waals surface area contributed by atoms with Crippen LogP contribution in [0.1, 0.15) is 91.9 Å². The normalized spacial score (nSPS) is 25.4. The Morgan fingerprint density at radius 2 is 1.53 bits per heavy atom. The Morgan fingerprint density at radius 1 is 0.938 bits per heavy atom. The lowest BCUT2D eigenvalue weighted by Gasteiger charge is -2.38. The van der Waals surface area contributed by atoms with Crippen LogP contribution < -0.4 is 5.32 Å². The van der Waals surface area contributed by atoms with Gasteiger partial charge in [-0.3, -0.25) is 4.79 Å². The monoisotopic (exact) mass is 447 g/mol. The van der Waals surface area contributed by atoms with Gasteiger partial charge in [-0.1, -0.05) is 45.1 Å². The molecule has 0 radical (unpaired) electrons. The number of carbonyl (C=O) groups excluding carboxylic acids is 1. The highest BCUT2D eigenvalue weighted by atomic mass is 16.3. The largest absolute Gasteiger partial charge is 0.386 e. The van der Waals surface area contributed by atoms with Crippen molar-refractivity contribution < 1.29 is 9.90 Å². The van der Waals surface area contributed by atoms with Gasteiger partial charge >= 0.3 is 0 Å². The molecule has 3 saturated carbocycles. The molecule has 1 amide bonds. The van der Waals surface area contributed by atoms with Crippen LogP contribution in [0.2, 0.25) is 0 Å². The van der Waals surface area contributed by atoms with Crippen LogP contribution in [-0.4, -0.2) is 65.7 Å². The van der Waals surface area contributed by atoms with E-state index in [-0.39, 0.29) is 5.54 Å². The summed E-state index contributed by atoms with van der Waals surface area (Å²) in [6, 6.07) is 0. The number of rotatable bonds is 5. The molecule has 0 spiro atoms. The van der Waals surface area contributed by atoms with Crippen molar-refractivity contribution in [2.45, 2.75) is 103 Å². The van der Waals surface area contributed by atoms with Gasteiger partial charge in [-0.25, -0.2) is 0 Å². The van der Waals surface area contributed by atoms with E-state index in [9.17, 15) is 9.90 Å². The van der Waals surface area contributed by atoms with Crippen molar-refractivity contribution in [2.75, 3.05) is 33.2 Å². The zero-order valence-corrected chi connectivity index (χ0v) is 21.5. The molecule has 2 N–H and O–H groups in total. The van der Waals surface area contributed by atoms with Crippen LogP contribution in [0.25, 0.3) is 0 Å². The number of carbonyl (C=O) groups is 1.